The SMILES string of the molecule is O=C(NC1CCCC2NNCC21)NS(=O)(=O)c1ccccc1. The Morgan fingerprint density at radius 3 is 2.73 bits per heavy atom. The third-order valence-electron chi connectivity index (χ3n) is 4.29. The first-order valence-corrected chi connectivity index (χ1v) is 8.91. The first kappa shape index (κ1) is 15.3. The number of amides is 2. The molecule has 2 aliphatic rings. The molecule has 1 heterocycles. The van der Waals surface area contributed by atoms with Crippen molar-refractivity contribution in [2.75, 3.05) is 6.54 Å². The molecule has 3 atom stereocenters. The van der Waals surface area contributed by atoms with E-state index in [1.165, 1.54) is 12.1 Å². The van der Waals surface area contributed by atoms with Crippen LogP contribution in [0.2, 0.25) is 0 Å². The lowest BCUT2D eigenvalue weighted by Crippen LogP contribution is -2.52. The fourth-order valence-corrected chi connectivity index (χ4v) is 4.13. The quantitative estimate of drug-likeness (QED) is 0.642. The fourth-order valence-electron chi connectivity index (χ4n) is 3.20. The second-order valence-corrected chi connectivity index (χ2v) is 7.41. The molecule has 1 aromatic rings. The first-order chi connectivity index (χ1) is 10.6. The number of benzene rings is 1. The van der Waals surface area contributed by atoms with Crippen LogP contribution in [0.5, 0.6) is 0 Å². The maximum Gasteiger partial charge on any atom is 0.328 e. The Morgan fingerprint density at radius 1 is 1.18 bits per heavy atom. The topological polar surface area (TPSA) is 99.3 Å². The van der Waals surface area contributed by atoms with Gasteiger partial charge >= 0.3 is 6.03 Å². The van der Waals surface area contributed by atoms with E-state index in [-0.39, 0.29) is 10.9 Å². The molecule has 1 aliphatic carbocycles. The maximum absolute atomic E-state index is 12.1. The summed E-state index contributed by atoms with van der Waals surface area (Å²) in [5.74, 6) is 0.291. The predicted octanol–water partition coefficient (Wildman–Crippen LogP) is 0.320. The number of carbonyl (C=O) groups is 1. The zero-order chi connectivity index (χ0) is 15.6. The largest absolute Gasteiger partial charge is 0.334 e. The molecule has 1 saturated heterocycles. The second kappa shape index (κ2) is 6.23. The number of sulfonamides is 1. The smallest absolute Gasteiger partial charge is 0.328 e. The molecule has 0 bridgehead atoms. The van der Waals surface area contributed by atoms with Gasteiger partial charge in [0.05, 0.1) is 4.90 Å². The number of fused-ring (bicyclic) bond motifs is 1. The van der Waals surface area contributed by atoms with Gasteiger partial charge in [-0.3, -0.25) is 10.9 Å². The van der Waals surface area contributed by atoms with Crippen molar-refractivity contribution in [1.82, 2.24) is 20.9 Å². The van der Waals surface area contributed by atoms with Crippen molar-refractivity contribution < 1.29 is 13.2 Å². The molecule has 1 aliphatic heterocycles. The molecule has 3 rings (SSSR count). The van der Waals surface area contributed by atoms with E-state index in [4.69, 9.17) is 0 Å². The molecular weight excluding hydrogens is 304 g/mol. The summed E-state index contributed by atoms with van der Waals surface area (Å²) < 4.78 is 26.3. The van der Waals surface area contributed by atoms with E-state index < -0.39 is 16.1 Å². The van der Waals surface area contributed by atoms with E-state index in [0.29, 0.717) is 12.0 Å². The molecule has 120 valence electrons. The van der Waals surface area contributed by atoms with Gasteiger partial charge in [0.1, 0.15) is 0 Å². The molecule has 0 radical (unpaired) electrons. The average molecular weight is 324 g/mol. The summed E-state index contributed by atoms with van der Waals surface area (Å²) in [4.78, 5) is 12.1. The molecule has 1 saturated carbocycles. The normalized spacial score (nSPS) is 27.9. The van der Waals surface area contributed by atoms with Crippen LogP contribution in [0.15, 0.2) is 35.2 Å². The third kappa shape index (κ3) is 3.23. The van der Waals surface area contributed by atoms with Gasteiger partial charge in [0.15, 0.2) is 0 Å². The van der Waals surface area contributed by atoms with Crippen LogP contribution in [0.4, 0.5) is 4.79 Å². The Balaban J connectivity index is 1.63. The van der Waals surface area contributed by atoms with Crippen molar-refractivity contribution in [2.24, 2.45) is 5.92 Å². The third-order valence-corrected chi connectivity index (χ3v) is 5.63. The minimum absolute atomic E-state index is 0.0211. The molecular formula is C14H20N4O3S. The van der Waals surface area contributed by atoms with Gasteiger partial charge < -0.3 is 5.32 Å². The van der Waals surface area contributed by atoms with Gasteiger partial charge in [-0.2, -0.15) is 0 Å². The zero-order valence-corrected chi connectivity index (χ0v) is 12.9. The fraction of sp³-hybridized carbons (Fsp3) is 0.500. The Morgan fingerprint density at radius 2 is 1.95 bits per heavy atom. The minimum atomic E-state index is -3.83. The zero-order valence-electron chi connectivity index (χ0n) is 12.1. The van der Waals surface area contributed by atoms with E-state index in [0.717, 1.165) is 25.8 Å². The molecule has 8 heteroatoms. The van der Waals surface area contributed by atoms with Crippen LogP contribution >= 0.6 is 0 Å². The van der Waals surface area contributed by atoms with Crippen molar-refractivity contribution >= 4 is 16.1 Å². The molecule has 1 aromatic carbocycles. The highest BCUT2D eigenvalue weighted by Gasteiger charge is 2.37. The van der Waals surface area contributed by atoms with Crippen molar-refractivity contribution in [2.45, 2.75) is 36.2 Å². The number of hydrogen-bond acceptors (Lipinski definition) is 5. The highest BCUT2D eigenvalue weighted by atomic mass is 32.2. The van der Waals surface area contributed by atoms with Crippen molar-refractivity contribution in [3.05, 3.63) is 30.3 Å². The monoisotopic (exact) mass is 324 g/mol. The molecule has 4 N–H and O–H groups in total. The van der Waals surface area contributed by atoms with Crippen LogP contribution < -0.4 is 20.9 Å². The molecule has 2 amide bonds. The molecule has 22 heavy (non-hydrogen) atoms. The molecule has 0 spiro atoms. The standard InChI is InChI=1S/C14H20N4O3S/c19-14(18-22(20,21)10-5-2-1-3-6-10)16-12-7-4-8-13-11(12)9-15-17-13/h1-3,5-6,11-13,15,17H,4,7-9H2,(H2,16,18,19). The lowest BCUT2D eigenvalue weighted by atomic mass is 9.82. The van der Waals surface area contributed by atoms with Crippen LogP contribution in [0.1, 0.15) is 19.3 Å². The number of rotatable bonds is 3. The van der Waals surface area contributed by atoms with E-state index in [9.17, 15) is 13.2 Å². The molecule has 7 nitrogen and oxygen atoms in total. The van der Waals surface area contributed by atoms with Gasteiger partial charge in [-0.15, -0.1) is 0 Å². The number of hydrazine groups is 1. The Bertz CT molecular complexity index is 635. The summed E-state index contributed by atoms with van der Waals surface area (Å²) >= 11 is 0. The summed E-state index contributed by atoms with van der Waals surface area (Å²) in [5.41, 5.74) is 6.30. The van der Waals surface area contributed by atoms with Crippen molar-refractivity contribution in [3.8, 4) is 0 Å². The maximum atomic E-state index is 12.1. The van der Waals surface area contributed by atoms with Gasteiger partial charge in [0.25, 0.3) is 10.0 Å². The summed E-state index contributed by atoms with van der Waals surface area (Å²) in [6.45, 7) is 0.779. The van der Waals surface area contributed by atoms with Gasteiger partial charge in [-0.25, -0.2) is 17.9 Å². The summed E-state index contributed by atoms with van der Waals surface area (Å²) in [5, 5.41) is 2.81. The number of carbonyl (C=O) groups excluding carboxylic acids is 1. The van der Waals surface area contributed by atoms with Crippen LogP contribution in [-0.2, 0) is 10.0 Å². The Hall–Kier alpha value is -1.64. The van der Waals surface area contributed by atoms with Crippen LogP contribution in [0.3, 0.4) is 0 Å². The van der Waals surface area contributed by atoms with E-state index in [1.54, 1.807) is 18.2 Å². The number of urea groups is 1. The summed E-state index contributed by atoms with van der Waals surface area (Å²) in [6, 6.07) is 7.52. The molecule has 2 fully saturated rings. The van der Waals surface area contributed by atoms with Crippen LogP contribution in [-0.4, -0.2) is 33.1 Å². The van der Waals surface area contributed by atoms with Crippen LogP contribution in [0, 0.1) is 5.92 Å². The van der Waals surface area contributed by atoms with E-state index in [1.807, 2.05) is 0 Å². The van der Waals surface area contributed by atoms with Crippen LogP contribution in [0.25, 0.3) is 0 Å². The molecule has 0 aromatic heterocycles. The van der Waals surface area contributed by atoms with Crippen molar-refractivity contribution in [1.29, 1.82) is 0 Å². The lowest BCUT2D eigenvalue weighted by Gasteiger charge is -2.33. The van der Waals surface area contributed by atoms with Gasteiger partial charge in [0, 0.05) is 24.5 Å². The van der Waals surface area contributed by atoms with Gasteiger partial charge in [-0.05, 0) is 31.4 Å². The Labute approximate surface area is 129 Å². The van der Waals surface area contributed by atoms with E-state index in [2.05, 4.69) is 20.9 Å². The van der Waals surface area contributed by atoms with Gasteiger partial charge in [-0.1, -0.05) is 18.2 Å². The highest BCUT2D eigenvalue weighted by molar-refractivity contribution is 7.90. The predicted molar refractivity (Wildman–Crippen MR) is 81.4 cm³/mol. The lowest BCUT2D eigenvalue weighted by molar-refractivity contribution is 0.220. The number of nitrogens with one attached hydrogen (secondary N) is 4. The summed E-state index contributed by atoms with van der Waals surface area (Å²) in [6.07, 6.45) is 2.94. The summed E-state index contributed by atoms with van der Waals surface area (Å²) in [7, 11) is -3.83. The Kier molecular flexibility index (Phi) is 4.32. The van der Waals surface area contributed by atoms with Gasteiger partial charge in [0.2, 0.25) is 0 Å². The first-order valence-electron chi connectivity index (χ1n) is 7.43. The minimum Gasteiger partial charge on any atom is -0.334 e. The molecule has 3 unspecified atom stereocenters. The average Bonchev–Trinajstić information content (AvgIpc) is 2.97. The highest BCUT2D eigenvalue weighted by Crippen LogP contribution is 2.26. The van der Waals surface area contributed by atoms with Crippen molar-refractivity contribution in [3.63, 3.8) is 0 Å². The van der Waals surface area contributed by atoms with E-state index >= 15 is 0 Å². The second-order valence-electron chi connectivity index (χ2n) is 5.72. The number of hydrogen-bond donors (Lipinski definition) is 4.